The van der Waals surface area contributed by atoms with E-state index in [0.29, 0.717) is 22.8 Å². The molecule has 0 bridgehead atoms. The summed E-state index contributed by atoms with van der Waals surface area (Å²) in [6.07, 6.45) is 3.50. The molecule has 5 N–H and O–H groups in total. The van der Waals surface area contributed by atoms with Gasteiger partial charge in [-0.25, -0.2) is 4.89 Å². The van der Waals surface area contributed by atoms with Crippen LogP contribution in [-0.4, -0.2) is 53.9 Å². The van der Waals surface area contributed by atoms with Gasteiger partial charge in [0.2, 0.25) is 0 Å². The molecule has 191 valence electrons. The molecule has 1 radical (unpaired) electrons. The molecule has 0 aliphatic carbocycles. The van der Waals surface area contributed by atoms with Crippen LogP contribution >= 0.6 is 0 Å². The molecular formula is C22H33CoN5O6. The number of nitrogens with zero attached hydrogens (tertiary/aromatic N) is 5. The van der Waals surface area contributed by atoms with Gasteiger partial charge in [-0.3, -0.25) is 10.2 Å². The second-order valence-electron chi connectivity index (χ2n) is 6.73. The maximum Gasteiger partial charge on any atom is 0.123 e. The zero-order valence-corrected chi connectivity index (χ0v) is 21.0. The zero-order valence-electron chi connectivity index (χ0n) is 20.0. The van der Waals surface area contributed by atoms with E-state index in [2.05, 4.69) is 30.5 Å². The number of hydrogen-bond donors (Lipinski definition) is 5. The van der Waals surface area contributed by atoms with Gasteiger partial charge in [-0.05, 0) is 59.2 Å². The third-order valence-corrected chi connectivity index (χ3v) is 3.91. The van der Waals surface area contributed by atoms with Crippen LogP contribution in [0.15, 0.2) is 81.5 Å². The maximum absolute atomic E-state index is 8.55. The fraction of sp³-hybridized carbons (Fsp3) is 0.318. The molecular weight excluding hydrogens is 489 g/mol. The van der Waals surface area contributed by atoms with Gasteiger partial charge in [0.05, 0.1) is 0 Å². The van der Waals surface area contributed by atoms with E-state index in [4.69, 9.17) is 26.1 Å². The Morgan fingerprint density at radius 3 is 1.21 bits per heavy atom. The summed E-state index contributed by atoms with van der Waals surface area (Å²) < 4.78 is 0. The van der Waals surface area contributed by atoms with Crippen molar-refractivity contribution < 1.29 is 47.8 Å². The molecule has 1 heterocycles. The monoisotopic (exact) mass is 522 g/mol. The molecule has 0 saturated carbocycles. The van der Waals surface area contributed by atoms with Gasteiger partial charge in [0.25, 0.3) is 0 Å². The van der Waals surface area contributed by atoms with Crippen molar-refractivity contribution in [3.8, 4) is 0 Å². The quantitative estimate of drug-likeness (QED) is 0.165. The average molecular weight is 522 g/mol. The van der Waals surface area contributed by atoms with E-state index in [1.54, 1.807) is 12.4 Å². The minimum absolute atomic E-state index is 0. The second-order valence-corrected chi connectivity index (χ2v) is 6.73. The first-order valence-electron chi connectivity index (χ1n) is 9.59. The number of benzene rings is 1. The van der Waals surface area contributed by atoms with Crippen LogP contribution in [0.1, 0.15) is 47.1 Å². The van der Waals surface area contributed by atoms with Crippen molar-refractivity contribution in [1.29, 1.82) is 0 Å². The summed E-state index contributed by atoms with van der Waals surface area (Å²) in [5.74, 6) is 0. The summed E-state index contributed by atoms with van der Waals surface area (Å²) in [6, 6.07) is 15.3. The molecule has 0 unspecified atom stereocenters. The zero-order chi connectivity index (χ0) is 25.7. The normalized spacial score (nSPS) is 11.9. The third-order valence-electron chi connectivity index (χ3n) is 3.91. The maximum atomic E-state index is 8.55. The Morgan fingerprint density at radius 1 is 0.676 bits per heavy atom. The number of hydrogen-bond acceptors (Lipinski definition) is 11. The first kappa shape index (κ1) is 35.3. The van der Waals surface area contributed by atoms with Crippen molar-refractivity contribution in [2.75, 3.05) is 0 Å². The van der Waals surface area contributed by atoms with Crippen molar-refractivity contribution in [2.45, 2.75) is 47.1 Å². The summed E-state index contributed by atoms with van der Waals surface area (Å²) in [5.41, 5.74) is 1.60. The van der Waals surface area contributed by atoms with E-state index >= 15 is 0 Å². The van der Waals surface area contributed by atoms with Gasteiger partial charge in [-0.15, -0.1) is 0 Å². The van der Waals surface area contributed by atoms with Crippen LogP contribution in [0.4, 0.5) is 0 Å². The SMILES string of the molecule is CC(=N/O)/C(C)=N/O.CC(=N/O)/C(C)=N/O.CC(C)(OO)c1ccccc1.[Co].c1ccncc1. The Hall–Kier alpha value is -3.32. The number of rotatable bonds is 4. The van der Waals surface area contributed by atoms with Gasteiger partial charge >= 0.3 is 0 Å². The summed E-state index contributed by atoms with van der Waals surface area (Å²) in [5, 5.41) is 51.8. The Kier molecular flexibility index (Phi) is 22.3. The van der Waals surface area contributed by atoms with Crippen LogP contribution in [0.25, 0.3) is 0 Å². The van der Waals surface area contributed by atoms with Crippen molar-refractivity contribution in [2.24, 2.45) is 20.6 Å². The van der Waals surface area contributed by atoms with Crippen molar-refractivity contribution >= 4 is 22.8 Å². The summed E-state index contributed by atoms with van der Waals surface area (Å²) in [7, 11) is 0. The van der Waals surface area contributed by atoms with Gasteiger partial charge in [-0.2, -0.15) is 0 Å². The minimum atomic E-state index is -0.610. The topological polar surface area (TPSA) is 173 Å². The molecule has 0 fully saturated rings. The van der Waals surface area contributed by atoms with E-state index in [9.17, 15) is 0 Å². The Morgan fingerprint density at radius 2 is 1.00 bits per heavy atom. The third kappa shape index (κ3) is 17.3. The van der Waals surface area contributed by atoms with Crippen LogP contribution in [-0.2, 0) is 27.3 Å². The summed E-state index contributed by atoms with van der Waals surface area (Å²) in [6.45, 7) is 9.76. The smallest absolute Gasteiger partial charge is 0.123 e. The predicted octanol–water partition coefficient (Wildman–Crippen LogP) is 4.86. The molecule has 34 heavy (non-hydrogen) atoms. The molecule has 0 aliphatic heterocycles. The molecule has 0 aliphatic rings. The first-order valence-corrected chi connectivity index (χ1v) is 9.59. The van der Waals surface area contributed by atoms with E-state index < -0.39 is 5.60 Å². The van der Waals surface area contributed by atoms with Crippen molar-refractivity contribution in [3.05, 3.63) is 66.5 Å². The molecule has 0 saturated heterocycles. The molecule has 0 amide bonds. The van der Waals surface area contributed by atoms with E-state index in [1.807, 2.05) is 62.4 Å². The molecule has 1 aromatic carbocycles. The Balaban J connectivity index is -0.000000382. The number of aromatic nitrogens is 1. The van der Waals surface area contributed by atoms with Crippen LogP contribution in [0.5, 0.6) is 0 Å². The van der Waals surface area contributed by atoms with Gasteiger partial charge in [0.15, 0.2) is 0 Å². The number of oxime groups is 4. The predicted molar refractivity (Wildman–Crippen MR) is 127 cm³/mol. The molecule has 12 heteroatoms. The van der Waals surface area contributed by atoms with E-state index in [1.165, 1.54) is 27.7 Å². The van der Waals surface area contributed by atoms with Gasteiger partial charge in [0, 0.05) is 29.2 Å². The Bertz CT molecular complexity index is 785. The average Bonchev–Trinajstić information content (AvgIpc) is 2.89. The van der Waals surface area contributed by atoms with Crippen molar-refractivity contribution in [3.63, 3.8) is 0 Å². The molecule has 1 aromatic heterocycles. The van der Waals surface area contributed by atoms with Crippen LogP contribution in [0.3, 0.4) is 0 Å². The standard InChI is InChI=1S/C9H12O2.C5H5N.2C4H8N2O2.Co/c1-9(2,11-10)8-6-4-3-5-7-8;1-2-4-6-5-3-1;2*1-3(5-7)4(2)6-8;/h3-7,10H,1-2H3;1-5H;2*7-8H,1-2H3;/b;;2*5-3-,6-4+;. The minimum Gasteiger partial charge on any atom is -0.411 e. The molecule has 11 nitrogen and oxygen atoms in total. The summed E-state index contributed by atoms with van der Waals surface area (Å²) in [4.78, 5) is 8.11. The van der Waals surface area contributed by atoms with Crippen molar-refractivity contribution in [1.82, 2.24) is 4.98 Å². The summed E-state index contributed by atoms with van der Waals surface area (Å²) >= 11 is 0. The largest absolute Gasteiger partial charge is 0.411 e. The van der Waals surface area contributed by atoms with Crippen LogP contribution in [0.2, 0.25) is 0 Å². The van der Waals surface area contributed by atoms with E-state index in [-0.39, 0.29) is 16.8 Å². The van der Waals surface area contributed by atoms with E-state index in [0.717, 1.165) is 5.56 Å². The second kappa shape index (κ2) is 21.5. The van der Waals surface area contributed by atoms with Gasteiger partial charge < -0.3 is 20.8 Å². The number of pyridine rings is 1. The fourth-order valence-corrected chi connectivity index (χ4v) is 1.49. The first-order chi connectivity index (χ1) is 15.6. The van der Waals surface area contributed by atoms with Gasteiger partial charge in [0.1, 0.15) is 28.4 Å². The Labute approximate surface area is 209 Å². The molecule has 2 aromatic rings. The molecule has 2 rings (SSSR count). The van der Waals surface area contributed by atoms with Gasteiger partial charge in [-0.1, -0.05) is 57.0 Å². The molecule has 0 spiro atoms. The molecule has 0 atom stereocenters. The van der Waals surface area contributed by atoms with Crippen LogP contribution < -0.4 is 0 Å². The fourth-order valence-electron chi connectivity index (χ4n) is 1.49. The van der Waals surface area contributed by atoms with Crippen LogP contribution in [0, 0.1) is 0 Å².